The van der Waals surface area contributed by atoms with E-state index in [2.05, 4.69) is 5.32 Å². The number of rotatable bonds is 5. The minimum atomic E-state index is -0.655. The van der Waals surface area contributed by atoms with E-state index in [0.717, 1.165) is 17.2 Å². The highest BCUT2D eigenvalue weighted by Crippen LogP contribution is 2.27. The van der Waals surface area contributed by atoms with E-state index in [1.54, 1.807) is 12.1 Å². The molecule has 0 saturated heterocycles. The van der Waals surface area contributed by atoms with Crippen LogP contribution in [-0.2, 0) is 0 Å². The summed E-state index contributed by atoms with van der Waals surface area (Å²) in [6.45, 7) is 3.85. The molecule has 0 spiro atoms. The highest BCUT2D eigenvalue weighted by atomic mass is 35.5. The average molecular weight is 409 g/mol. The number of nitro groups is 1. The predicted octanol–water partition coefficient (Wildman–Crippen LogP) is 5.35. The maximum Gasteiger partial charge on any atom is 0.288 e. The zero-order valence-corrected chi connectivity index (χ0v) is 16.5. The molecular weight excluding hydrogens is 392 g/mol. The summed E-state index contributed by atoms with van der Waals surface area (Å²) in [7, 11) is 0. The first kappa shape index (κ1) is 20.2. The molecule has 0 heterocycles. The molecule has 1 N–H and O–H groups in total. The monoisotopic (exact) mass is 408 g/mol. The summed E-state index contributed by atoms with van der Waals surface area (Å²) in [5, 5.41) is 13.9. The van der Waals surface area contributed by atoms with Crippen molar-refractivity contribution in [1.82, 2.24) is 0 Å². The summed E-state index contributed by atoms with van der Waals surface area (Å²) in [6, 6.07) is 15.8. The lowest BCUT2D eigenvalue weighted by Gasteiger charge is -2.11. The van der Waals surface area contributed by atoms with E-state index < -0.39 is 16.6 Å². The third kappa shape index (κ3) is 4.50. The fraction of sp³-hybridized carbons (Fsp3) is 0.0909. The number of anilines is 1. The van der Waals surface area contributed by atoms with E-state index in [4.69, 9.17) is 11.6 Å². The van der Waals surface area contributed by atoms with Crippen molar-refractivity contribution in [1.29, 1.82) is 0 Å². The van der Waals surface area contributed by atoms with Crippen molar-refractivity contribution in [2.24, 2.45) is 0 Å². The summed E-state index contributed by atoms with van der Waals surface area (Å²) < 4.78 is 0. The second-order valence-electron chi connectivity index (χ2n) is 6.63. The van der Waals surface area contributed by atoms with Crippen LogP contribution in [0.5, 0.6) is 0 Å². The molecular formula is C22H17ClN2O4. The summed E-state index contributed by atoms with van der Waals surface area (Å²) in [6.07, 6.45) is 0. The van der Waals surface area contributed by atoms with Crippen LogP contribution in [0.25, 0.3) is 0 Å². The van der Waals surface area contributed by atoms with Crippen LogP contribution in [0.1, 0.15) is 37.4 Å². The number of aryl methyl sites for hydroxylation is 2. The molecule has 3 aromatic rings. The van der Waals surface area contributed by atoms with Crippen molar-refractivity contribution < 1.29 is 14.5 Å². The predicted molar refractivity (Wildman–Crippen MR) is 112 cm³/mol. The molecule has 1 amide bonds. The number of hydrogen-bond acceptors (Lipinski definition) is 4. The fourth-order valence-electron chi connectivity index (χ4n) is 3.07. The Morgan fingerprint density at radius 2 is 1.55 bits per heavy atom. The van der Waals surface area contributed by atoms with Gasteiger partial charge in [-0.3, -0.25) is 19.7 Å². The molecule has 0 atom stereocenters. The van der Waals surface area contributed by atoms with Crippen molar-refractivity contribution in [2.45, 2.75) is 13.8 Å². The molecule has 0 fully saturated rings. The van der Waals surface area contributed by atoms with Gasteiger partial charge in [-0.1, -0.05) is 35.9 Å². The standard InChI is InChI=1S/C22H17ClN2O4/c1-13-9-14(2)11-16(10-13)24-22(27)18-6-4-3-5-17(18)21(26)15-7-8-19(23)20(12-15)25(28)29/h3-12H,1-2H3,(H,24,27). The van der Waals surface area contributed by atoms with Crippen LogP contribution in [0.3, 0.4) is 0 Å². The highest BCUT2D eigenvalue weighted by molar-refractivity contribution is 6.33. The molecule has 146 valence electrons. The maximum absolute atomic E-state index is 13.0. The first-order valence-corrected chi connectivity index (χ1v) is 9.11. The molecule has 3 rings (SSSR count). The molecule has 0 bridgehead atoms. The van der Waals surface area contributed by atoms with Gasteiger partial charge in [0.2, 0.25) is 0 Å². The molecule has 0 aliphatic carbocycles. The van der Waals surface area contributed by atoms with Gasteiger partial charge in [0.1, 0.15) is 5.02 Å². The van der Waals surface area contributed by atoms with E-state index in [9.17, 15) is 19.7 Å². The van der Waals surface area contributed by atoms with Crippen LogP contribution in [-0.4, -0.2) is 16.6 Å². The molecule has 0 radical (unpaired) electrons. The normalized spacial score (nSPS) is 10.4. The van der Waals surface area contributed by atoms with Crippen molar-refractivity contribution >= 4 is 34.7 Å². The lowest BCUT2D eigenvalue weighted by atomic mass is 9.97. The van der Waals surface area contributed by atoms with Crippen LogP contribution in [0.15, 0.2) is 60.7 Å². The largest absolute Gasteiger partial charge is 0.322 e. The number of benzene rings is 3. The summed E-state index contributed by atoms with van der Waals surface area (Å²) in [4.78, 5) is 36.3. The number of nitrogens with one attached hydrogen (secondary N) is 1. The second kappa shape index (κ2) is 8.24. The van der Waals surface area contributed by atoms with Gasteiger partial charge in [-0.05, 0) is 55.3 Å². The van der Waals surface area contributed by atoms with Gasteiger partial charge >= 0.3 is 0 Å². The molecule has 0 aromatic heterocycles. The Morgan fingerprint density at radius 1 is 0.931 bits per heavy atom. The highest BCUT2D eigenvalue weighted by Gasteiger charge is 2.21. The lowest BCUT2D eigenvalue weighted by Crippen LogP contribution is -2.17. The number of carbonyl (C=O) groups excluding carboxylic acids is 2. The minimum absolute atomic E-state index is 0.0626. The summed E-state index contributed by atoms with van der Waals surface area (Å²) in [5.74, 6) is -0.946. The Bertz CT molecular complexity index is 1120. The smallest absolute Gasteiger partial charge is 0.288 e. The number of halogens is 1. The molecule has 7 heteroatoms. The van der Waals surface area contributed by atoms with Crippen LogP contribution < -0.4 is 5.32 Å². The van der Waals surface area contributed by atoms with Crippen molar-refractivity contribution in [3.05, 3.63) is 104 Å². The molecule has 6 nitrogen and oxygen atoms in total. The second-order valence-corrected chi connectivity index (χ2v) is 7.04. The molecule has 0 aliphatic rings. The molecule has 29 heavy (non-hydrogen) atoms. The zero-order valence-electron chi connectivity index (χ0n) is 15.7. The number of ketones is 1. The first-order chi connectivity index (χ1) is 13.8. The van der Waals surface area contributed by atoms with Crippen molar-refractivity contribution in [3.63, 3.8) is 0 Å². The van der Waals surface area contributed by atoms with E-state index in [1.807, 2.05) is 32.0 Å². The van der Waals surface area contributed by atoms with Crippen molar-refractivity contribution in [2.75, 3.05) is 5.32 Å². The van der Waals surface area contributed by atoms with Crippen LogP contribution in [0.4, 0.5) is 11.4 Å². The molecule has 0 unspecified atom stereocenters. The molecule has 0 aliphatic heterocycles. The molecule has 3 aromatic carbocycles. The zero-order chi connectivity index (χ0) is 21.1. The quantitative estimate of drug-likeness (QED) is 0.350. The number of carbonyl (C=O) groups is 2. The summed E-state index contributed by atoms with van der Waals surface area (Å²) >= 11 is 5.82. The van der Waals surface area contributed by atoms with Gasteiger partial charge in [0, 0.05) is 22.9 Å². The third-order valence-electron chi connectivity index (χ3n) is 4.30. The van der Waals surface area contributed by atoms with Gasteiger partial charge < -0.3 is 5.32 Å². The maximum atomic E-state index is 13.0. The van der Waals surface area contributed by atoms with Crippen LogP contribution in [0.2, 0.25) is 5.02 Å². The Kier molecular flexibility index (Phi) is 5.75. The van der Waals surface area contributed by atoms with Gasteiger partial charge in [-0.15, -0.1) is 0 Å². The van der Waals surface area contributed by atoms with E-state index >= 15 is 0 Å². The van der Waals surface area contributed by atoms with Crippen LogP contribution in [0, 0.1) is 24.0 Å². The van der Waals surface area contributed by atoms with Crippen LogP contribution >= 0.6 is 11.6 Å². The minimum Gasteiger partial charge on any atom is -0.322 e. The average Bonchev–Trinajstić information content (AvgIpc) is 2.66. The Labute approximate surface area is 172 Å². The number of hydrogen-bond donors (Lipinski definition) is 1. The van der Waals surface area contributed by atoms with E-state index in [-0.39, 0.29) is 27.4 Å². The van der Waals surface area contributed by atoms with Gasteiger partial charge in [0.25, 0.3) is 11.6 Å². The first-order valence-electron chi connectivity index (χ1n) is 8.73. The van der Waals surface area contributed by atoms with Gasteiger partial charge in [0.05, 0.1) is 10.5 Å². The number of nitrogens with zero attached hydrogens (tertiary/aromatic N) is 1. The molecule has 0 saturated carbocycles. The van der Waals surface area contributed by atoms with Crippen molar-refractivity contribution in [3.8, 4) is 0 Å². The Balaban J connectivity index is 1.96. The van der Waals surface area contributed by atoms with E-state index in [1.165, 1.54) is 24.3 Å². The topological polar surface area (TPSA) is 89.3 Å². The van der Waals surface area contributed by atoms with Gasteiger partial charge in [-0.25, -0.2) is 0 Å². The van der Waals surface area contributed by atoms with E-state index in [0.29, 0.717) is 5.69 Å². The van der Waals surface area contributed by atoms with Gasteiger partial charge in [0.15, 0.2) is 5.78 Å². The fourth-order valence-corrected chi connectivity index (χ4v) is 3.26. The summed E-state index contributed by atoms with van der Waals surface area (Å²) in [5.41, 5.74) is 2.65. The van der Waals surface area contributed by atoms with Gasteiger partial charge in [-0.2, -0.15) is 0 Å². The Hall–Kier alpha value is -3.51. The third-order valence-corrected chi connectivity index (χ3v) is 4.62. The SMILES string of the molecule is Cc1cc(C)cc(NC(=O)c2ccccc2C(=O)c2ccc(Cl)c([N+](=O)[O-])c2)c1. The Morgan fingerprint density at radius 3 is 2.17 bits per heavy atom. The number of amides is 1. The number of nitro benzene ring substituents is 1. The lowest BCUT2D eigenvalue weighted by molar-refractivity contribution is -0.384.